The molecule has 0 saturated carbocycles. The van der Waals surface area contributed by atoms with Crippen LogP contribution >= 0.6 is 0 Å². The summed E-state index contributed by atoms with van der Waals surface area (Å²) in [7, 11) is 4.06. The Morgan fingerprint density at radius 2 is 1.86 bits per heavy atom. The van der Waals surface area contributed by atoms with Gasteiger partial charge < -0.3 is 15.5 Å². The van der Waals surface area contributed by atoms with Gasteiger partial charge in [0.25, 0.3) is 0 Å². The Hall–Kier alpha value is -2.21. The van der Waals surface area contributed by atoms with Gasteiger partial charge in [0.15, 0.2) is 5.82 Å². The van der Waals surface area contributed by atoms with Crippen molar-refractivity contribution in [3.8, 4) is 0 Å². The van der Waals surface area contributed by atoms with E-state index in [9.17, 15) is 0 Å². The van der Waals surface area contributed by atoms with E-state index < -0.39 is 0 Å². The Bertz CT molecular complexity index is 529. The lowest BCUT2D eigenvalue weighted by Gasteiger charge is -2.10. The van der Waals surface area contributed by atoms with E-state index >= 15 is 0 Å². The van der Waals surface area contributed by atoms with E-state index in [1.807, 2.05) is 32.3 Å². The molecule has 0 aliphatic rings. The van der Waals surface area contributed by atoms with Crippen molar-refractivity contribution in [1.82, 2.24) is 20.1 Å². The lowest BCUT2D eigenvalue weighted by Crippen LogP contribution is -2.21. The molecule has 1 heterocycles. The van der Waals surface area contributed by atoms with Crippen LogP contribution in [0.1, 0.15) is 5.56 Å². The van der Waals surface area contributed by atoms with Gasteiger partial charge >= 0.3 is 0 Å². The number of likely N-dealkylation sites (N-methyl/N-ethyl adjacent to an activating group) is 1. The molecule has 0 radical (unpaired) electrons. The van der Waals surface area contributed by atoms with Crippen molar-refractivity contribution in [1.29, 1.82) is 0 Å². The SMILES string of the molecule is CN(C)CCNc1nncc(NCCc2ccccc2)n1. The summed E-state index contributed by atoms with van der Waals surface area (Å²) in [4.78, 5) is 6.49. The average Bonchev–Trinajstić information content (AvgIpc) is 2.48. The number of nitrogens with zero attached hydrogens (tertiary/aromatic N) is 4. The van der Waals surface area contributed by atoms with Crippen LogP contribution in [0.2, 0.25) is 0 Å². The van der Waals surface area contributed by atoms with Gasteiger partial charge in [-0.2, -0.15) is 10.1 Å². The normalized spacial score (nSPS) is 10.6. The Kier molecular flexibility index (Phi) is 5.90. The zero-order valence-electron chi connectivity index (χ0n) is 12.6. The number of hydrogen-bond donors (Lipinski definition) is 2. The van der Waals surface area contributed by atoms with Crippen LogP contribution in [0, 0.1) is 0 Å². The minimum Gasteiger partial charge on any atom is -0.368 e. The Morgan fingerprint density at radius 1 is 1.05 bits per heavy atom. The predicted octanol–water partition coefficient (Wildman–Crippen LogP) is 1.50. The van der Waals surface area contributed by atoms with Gasteiger partial charge in [0.05, 0.1) is 6.20 Å². The number of anilines is 2. The molecule has 0 aliphatic heterocycles. The average molecular weight is 286 g/mol. The van der Waals surface area contributed by atoms with Gasteiger partial charge in [0, 0.05) is 19.6 Å². The summed E-state index contributed by atoms with van der Waals surface area (Å²) >= 11 is 0. The maximum Gasteiger partial charge on any atom is 0.244 e. The molecule has 2 rings (SSSR count). The second kappa shape index (κ2) is 8.16. The van der Waals surface area contributed by atoms with Crippen molar-refractivity contribution in [3.05, 3.63) is 42.1 Å². The highest BCUT2D eigenvalue weighted by Gasteiger charge is 2.00. The molecule has 1 aromatic heterocycles. The van der Waals surface area contributed by atoms with E-state index in [-0.39, 0.29) is 0 Å². The lowest BCUT2D eigenvalue weighted by molar-refractivity contribution is 0.425. The molecule has 0 bridgehead atoms. The molecule has 1 aromatic carbocycles. The zero-order chi connectivity index (χ0) is 14.9. The van der Waals surface area contributed by atoms with E-state index in [4.69, 9.17) is 0 Å². The molecular weight excluding hydrogens is 264 g/mol. The van der Waals surface area contributed by atoms with E-state index in [1.165, 1.54) is 5.56 Å². The van der Waals surface area contributed by atoms with Crippen LogP contribution in [0.25, 0.3) is 0 Å². The molecule has 6 heteroatoms. The first kappa shape index (κ1) is 15.2. The fraction of sp³-hybridized carbons (Fsp3) is 0.400. The van der Waals surface area contributed by atoms with Crippen LogP contribution in [-0.4, -0.2) is 53.8 Å². The molecule has 6 nitrogen and oxygen atoms in total. The molecule has 2 aromatic rings. The van der Waals surface area contributed by atoms with Crippen LogP contribution in [0.15, 0.2) is 36.5 Å². The molecule has 2 N–H and O–H groups in total. The smallest absolute Gasteiger partial charge is 0.244 e. The van der Waals surface area contributed by atoms with Gasteiger partial charge in [0.2, 0.25) is 5.95 Å². The van der Waals surface area contributed by atoms with Gasteiger partial charge in [-0.15, -0.1) is 5.10 Å². The molecular formula is C15H22N6. The van der Waals surface area contributed by atoms with Crippen molar-refractivity contribution in [2.24, 2.45) is 0 Å². The third-order valence-electron chi connectivity index (χ3n) is 2.96. The Labute approximate surface area is 125 Å². The highest BCUT2D eigenvalue weighted by Crippen LogP contribution is 2.04. The minimum absolute atomic E-state index is 0.557. The second-order valence-corrected chi connectivity index (χ2v) is 5.06. The van der Waals surface area contributed by atoms with Crippen LogP contribution in [0.3, 0.4) is 0 Å². The van der Waals surface area contributed by atoms with E-state index in [1.54, 1.807) is 6.20 Å². The Morgan fingerprint density at radius 3 is 2.62 bits per heavy atom. The third kappa shape index (κ3) is 5.74. The lowest BCUT2D eigenvalue weighted by atomic mass is 10.1. The largest absolute Gasteiger partial charge is 0.368 e. The Balaban J connectivity index is 1.78. The molecule has 21 heavy (non-hydrogen) atoms. The maximum atomic E-state index is 4.39. The third-order valence-corrected chi connectivity index (χ3v) is 2.96. The van der Waals surface area contributed by atoms with Crippen molar-refractivity contribution >= 4 is 11.8 Å². The molecule has 0 saturated heterocycles. The summed E-state index contributed by atoms with van der Waals surface area (Å²) in [6.45, 7) is 2.54. The minimum atomic E-state index is 0.557. The number of benzene rings is 1. The van der Waals surface area contributed by atoms with Gasteiger partial charge in [-0.05, 0) is 26.1 Å². The fourth-order valence-electron chi connectivity index (χ4n) is 1.83. The van der Waals surface area contributed by atoms with Gasteiger partial charge in [-0.3, -0.25) is 0 Å². The molecule has 0 unspecified atom stereocenters. The van der Waals surface area contributed by atoms with Gasteiger partial charge in [0.1, 0.15) is 0 Å². The quantitative estimate of drug-likeness (QED) is 0.766. The first-order valence-corrected chi connectivity index (χ1v) is 7.10. The molecule has 0 amide bonds. The number of rotatable bonds is 8. The fourth-order valence-corrected chi connectivity index (χ4v) is 1.83. The molecule has 0 fully saturated rings. The highest BCUT2D eigenvalue weighted by molar-refractivity contribution is 5.37. The van der Waals surface area contributed by atoms with Gasteiger partial charge in [-0.25, -0.2) is 0 Å². The standard InChI is InChI=1S/C15H22N6/c1-21(2)11-10-17-15-19-14(12-18-20-15)16-9-8-13-6-4-3-5-7-13/h3-7,12H,8-11H2,1-2H3,(H2,16,17,19,20). The molecule has 112 valence electrons. The van der Waals surface area contributed by atoms with Crippen molar-refractivity contribution in [2.75, 3.05) is 44.4 Å². The molecule has 0 spiro atoms. The van der Waals surface area contributed by atoms with E-state index in [0.717, 1.165) is 31.9 Å². The van der Waals surface area contributed by atoms with E-state index in [0.29, 0.717) is 5.95 Å². The van der Waals surface area contributed by atoms with Crippen LogP contribution in [0.5, 0.6) is 0 Å². The molecule has 0 atom stereocenters. The first-order valence-electron chi connectivity index (χ1n) is 7.10. The summed E-state index contributed by atoms with van der Waals surface area (Å²) in [6, 6.07) is 10.4. The summed E-state index contributed by atoms with van der Waals surface area (Å²) in [6.07, 6.45) is 2.59. The van der Waals surface area contributed by atoms with Gasteiger partial charge in [-0.1, -0.05) is 30.3 Å². The monoisotopic (exact) mass is 286 g/mol. The van der Waals surface area contributed by atoms with E-state index in [2.05, 4.69) is 42.8 Å². The molecule has 0 aliphatic carbocycles. The van der Waals surface area contributed by atoms with Crippen LogP contribution in [0.4, 0.5) is 11.8 Å². The number of nitrogens with one attached hydrogen (secondary N) is 2. The zero-order valence-corrected chi connectivity index (χ0v) is 12.6. The first-order chi connectivity index (χ1) is 10.2. The van der Waals surface area contributed by atoms with Crippen LogP contribution in [-0.2, 0) is 6.42 Å². The predicted molar refractivity (Wildman–Crippen MR) is 85.5 cm³/mol. The second-order valence-electron chi connectivity index (χ2n) is 5.06. The van der Waals surface area contributed by atoms with Crippen molar-refractivity contribution in [2.45, 2.75) is 6.42 Å². The maximum absolute atomic E-state index is 4.39. The number of aromatic nitrogens is 3. The summed E-state index contributed by atoms with van der Waals surface area (Å²) in [5.41, 5.74) is 1.30. The van der Waals surface area contributed by atoms with Crippen molar-refractivity contribution in [3.63, 3.8) is 0 Å². The summed E-state index contributed by atoms with van der Waals surface area (Å²) in [5.74, 6) is 1.30. The summed E-state index contributed by atoms with van der Waals surface area (Å²) in [5, 5.41) is 14.4. The number of hydrogen-bond acceptors (Lipinski definition) is 6. The highest BCUT2D eigenvalue weighted by atomic mass is 15.3. The summed E-state index contributed by atoms with van der Waals surface area (Å²) < 4.78 is 0. The van der Waals surface area contributed by atoms with Crippen LogP contribution < -0.4 is 10.6 Å². The van der Waals surface area contributed by atoms with Crippen molar-refractivity contribution < 1.29 is 0 Å². The topological polar surface area (TPSA) is 66.0 Å².